The molecule has 0 radical (unpaired) electrons. The van der Waals surface area contributed by atoms with E-state index in [1.807, 2.05) is 20.0 Å². The number of halogens is 2. The van der Waals surface area contributed by atoms with E-state index in [1.165, 1.54) is 17.0 Å². The van der Waals surface area contributed by atoms with E-state index in [0.29, 0.717) is 12.3 Å². The van der Waals surface area contributed by atoms with Gasteiger partial charge in [-0.2, -0.15) is 0 Å². The van der Waals surface area contributed by atoms with Crippen LogP contribution in [0.4, 0.5) is 4.39 Å². The lowest BCUT2D eigenvalue weighted by atomic mass is 10.3. The third-order valence-electron chi connectivity index (χ3n) is 3.30. The number of aryl methyl sites for hydroxylation is 1. The highest BCUT2D eigenvalue weighted by atomic mass is 127. The summed E-state index contributed by atoms with van der Waals surface area (Å²) >= 11 is 1.72. The van der Waals surface area contributed by atoms with E-state index in [1.54, 1.807) is 23.5 Å². The number of benzene rings is 1. The zero-order chi connectivity index (χ0) is 18.1. The maximum atomic E-state index is 12.9. The summed E-state index contributed by atoms with van der Waals surface area (Å²) in [4.78, 5) is 10.1. The molecule has 144 valence electrons. The summed E-state index contributed by atoms with van der Waals surface area (Å²) in [6.45, 7) is 8.08. The van der Waals surface area contributed by atoms with Gasteiger partial charge in [-0.3, -0.25) is 0 Å². The zero-order valence-corrected chi connectivity index (χ0v) is 18.4. The fourth-order valence-corrected chi connectivity index (χ4v) is 2.94. The van der Waals surface area contributed by atoms with Crippen LogP contribution in [0.3, 0.4) is 0 Å². The molecule has 2 aromatic rings. The quantitative estimate of drug-likeness (QED) is 0.335. The molecule has 1 aromatic heterocycles. The smallest absolute Gasteiger partial charge is 0.191 e. The van der Waals surface area contributed by atoms with Crippen molar-refractivity contribution in [2.45, 2.75) is 33.3 Å². The summed E-state index contributed by atoms with van der Waals surface area (Å²) in [6, 6.07) is 6.01. The molecule has 1 aromatic carbocycles. The van der Waals surface area contributed by atoms with Crippen LogP contribution in [0.5, 0.6) is 5.75 Å². The molecule has 2 rings (SSSR count). The topological polar surface area (TPSA) is 58.5 Å². The van der Waals surface area contributed by atoms with Gasteiger partial charge >= 0.3 is 0 Å². The van der Waals surface area contributed by atoms with Crippen LogP contribution in [0.15, 0.2) is 35.5 Å². The number of thiazole rings is 1. The van der Waals surface area contributed by atoms with Gasteiger partial charge < -0.3 is 15.4 Å². The second-order valence-electron chi connectivity index (χ2n) is 5.64. The molecule has 2 N–H and O–H groups in total. The molecule has 26 heavy (non-hydrogen) atoms. The van der Waals surface area contributed by atoms with Gasteiger partial charge in [0.2, 0.25) is 0 Å². The van der Waals surface area contributed by atoms with Crippen LogP contribution in [-0.2, 0) is 6.42 Å². The van der Waals surface area contributed by atoms with Gasteiger partial charge in [-0.05, 0) is 45.0 Å². The molecule has 8 heteroatoms. The Morgan fingerprint density at radius 3 is 2.65 bits per heavy atom. The Bertz CT molecular complexity index is 678. The maximum Gasteiger partial charge on any atom is 0.191 e. The second kappa shape index (κ2) is 12.1. The minimum absolute atomic E-state index is 0. The van der Waals surface area contributed by atoms with Crippen LogP contribution < -0.4 is 15.4 Å². The first-order chi connectivity index (χ1) is 12.1. The maximum absolute atomic E-state index is 12.9. The molecule has 1 unspecified atom stereocenters. The van der Waals surface area contributed by atoms with Crippen LogP contribution in [-0.4, -0.2) is 36.7 Å². The van der Waals surface area contributed by atoms with Crippen LogP contribution in [0.2, 0.25) is 0 Å². The lowest BCUT2D eigenvalue weighted by molar-refractivity contribution is 0.230. The molecule has 0 saturated heterocycles. The van der Waals surface area contributed by atoms with E-state index >= 15 is 0 Å². The zero-order valence-electron chi connectivity index (χ0n) is 15.3. The van der Waals surface area contributed by atoms with E-state index in [0.717, 1.165) is 30.5 Å². The van der Waals surface area contributed by atoms with E-state index in [2.05, 4.69) is 27.5 Å². The number of hydrogen-bond acceptors (Lipinski definition) is 4. The number of ether oxygens (including phenoxy) is 1. The van der Waals surface area contributed by atoms with Crippen LogP contribution >= 0.6 is 35.3 Å². The number of guanidine groups is 1. The van der Waals surface area contributed by atoms with Gasteiger partial charge in [0.15, 0.2) is 5.96 Å². The Morgan fingerprint density at radius 1 is 1.31 bits per heavy atom. The summed E-state index contributed by atoms with van der Waals surface area (Å²) in [5.74, 6) is 1.12. The Hall–Kier alpha value is -1.42. The minimum Gasteiger partial charge on any atom is -0.489 e. The summed E-state index contributed by atoms with van der Waals surface area (Å²) in [5, 5.41) is 7.64. The van der Waals surface area contributed by atoms with Crippen molar-refractivity contribution in [2.24, 2.45) is 4.99 Å². The monoisotopic (exact) mass is 492 g/mol. The normalized spacial score (nSPS) is 12.2. The lowest BCUT2D eigenvalue weighted by Crippen LogP contribution is -2.39. The van der Waals surface area contributed by atoms with E-state index in [9.17, 15) is 4.39 Å². The molecule has 1 heterocycles. The SMILES string of the molecule is CCNC(=NCC(C)Oc1ccc(F)cc1)NCCc1ncc(C)s1.I. The van der Waals surface area contributed by atoms with Crippen molar-refractivity contribution in [2.75, 3.05) is 19.6 Å². The molecule has 5 nitrogen and oxygen atoms in total. The number of nitrogens with zero attached hydrogens (tertiary/aromatic N) is 2. The van der Waals surface area contributed by atoms with Crippen molar-refractivity contribution < 1.29 is 9.13 Å². The van der Waals surface area contributed by atoms with Crippen molar-refractivity contribution in [1.82, 2.24) is 15.6 Å². The molecule has 0 spiro atoms. The number of rotatable bonds is 8. The molecule has 0 saturated carbocycles. The molecule has 0 aliphatic rings. The van der Waals surface area contributed by atoms with Gasteiger partial charge in [0.05, 0.1) is 11.6 Å². The number of aromatic nitrogens is 1. The first kappa shape index (κ1) is 22.6. The summed E-state index contributed by atoms with van der Waals surface area (Å²) in [6.07, 6.45) is 2.65. The Balaban J connectivity index is 0.00000338. The van der Waals surface area contributed by atoms with Gasteiger partial charge in [0.25, 0.3) is 0 Å². The Kier molecular flexibility index (Phi) is 10.5. The predicted molar refractivity (Wildman–Crippen MR) is 116 cm³/mol. The van der Waals surface area contributed by atoms with E-state index in [-0.39, 0.29) is 35.9 Å². The van der Waals surface area contributed by atoms with Gasteiger partial charge in [-0.25, -0.2) is 14.4 Å². The average molecular weight is 492 g/mol. The van der Waals surface area contributed by atoms with Crippen molar-refractivity contribution in [1.29, 1.82) is 0 Å². The number of aliphatic imine (C=N–C) groups is 1. The summed E-state index contributed by atoms with van der Waals surface area (Å²) < 4.78 is 18.6. The van der Waals surface area contributed by atoms with Crippen LogP contribution in [0.1, 0.15) is 23.7 Å². The van der Waals surface area contributed by atoms with Crippen molar-refractivity contribution in [3.05, 3.63) is 46.2 Å². The second-order valence-corrected chi connectivity index (χ2v) is 6.96. The molecule has 0 aliphatic heterocycles. The van der Waals surface area contributed by atoms with E-state index in [4.69, 9.17) is 4.74 Å². The molecule has 0 aliphatic carbocycles. The van der Waals surface area contributed by atoms with Crippen molar-refractivity contribution >= 4 is 41.3 Å². The standard InChI is InChI=1S/C18H25FN4OS.HI/c1-4-20-18(21-10-9-17-22-12-14(3)25-17)23-11-13(2)24-16-7-5-15(19)6-8-16;/h5-8,12-13H,4,9-11H2,1-3H3,(H2,20,21,23);1H. The highest BCUT2D eigenvalue weighted by Crippen LogP contribution is 2.13. The van der Waals surface area contributed by atoms with E-state index < -0.39 is 0 Å². The molecule has 0 fully saturated rings. The Morgan fingerprint density at radius 2 is 2.04 bits per heavy atom. The molecule has 1 atom stereocenters. The Labute approximate surface area is 175 Å². The fourth-order valence-electron chi connectivity index (χ4n) is 2.15. The fraction of sp³-hybridized carbons (Fsp3) is 0.444. The summed E-state index contributed by atoms with van der Waals surface area (Å²) in [7, 11) is 0. The first-order valence-electron chi connectivity index (χ1n) is 8.42. The molecular weight excluding hydrogens is 466 g/mol. The highest BCUT2D eigenvalue weighted by molar-refractivity contribution is 14.0. The highest BCUT2D eigenvalue weighted by Gasteiger charge is 2.05. The van der Waals surface area contributed by atoms with Crippen LogP contribution in [0.25, 0.3) is 0 Å². The first-order valence-corrected chi connectivity index (χ1v) is 9.24. The average Bonchev–Trinajstić information content (AvgIpc) is 3.00. The van der Waals surface area contributed by atoms with Gasteiger partial charge in [0, 0.05) is 30.6 Å². The third-order valence-corrected chi connectivity index (χ3v) is 4.27. The number of hydrogen-bond donors (Lipinski definition) is 2. The largest absolute Gasteiger partial charge is 0.489 e. The third kappa shape index (κ3) is 8.31. The lowest BCUT2D eigenvalue weighted by Gasteiger charge is -2.15. The van der Waals surface area contributed by atoms with Gasteiger partial charge in [0.1, 0.15) is 17.7 Å². The predicted octanol–water partition coefficient (Wildman–Crippen LogP) is 3.77. The number of nitrogens with one attached hydrogen (secondary N) is 2. The molecular formula is C18H26FIN4OS. The summed E-state index contributed by atoms with van der Waals surface area (Å²) in [5.41, 5.74) is 0. The minimum atomic E-state index is -0.271. The van der Waals surface area contributed by atoms with Crippen molar-refractivity contribution in [3.63, 3.8) is 0 Å². The van der Waals surface area contributed by atoms with Crippen LogP contribution in [0, 0.1) is 12.7 Å². The van der Waals surface area contributed by atoms with Crippen molar-refractivity contribution in [3.8, 4) is 5.75 Å². The molecule has 0 amide bonds. The van der Waals surface area contributed by atoms with Gasteiger partial charge in [-0.15, -0.1) is 35.3 Å². The van der Waals surface area contributed by atoms with Gasteiger partial charge in [-0.1, -0.05) is 0 Å². The molecule has 0 bridgehead atoms.